The topological polar surface area (TPSA) is 51.0 Å². The molecular formula is C15H19N3OS. The SMILES string of the molecule is CC(C)SCc1noc(C2CNCc3ccccc32)n1. The molecule has 1 atom stereocenters. The van der Waals surface area contributed by atoms with Crippen LogP contribution in [-0.4, -0.2) is 21.9 Å². The van der Waals surface area contributed by atoms with Crippen LogP contribution in [-0.2, 0) is 12.3 Å². The van der Waals surface area contributed by atoms with Crippen LogP contribution in [0.2, 0.25) is 0 Å². The Bertz CT molecular complexity index is 582. The Hall–Kier alpha value is -1.33. The van der Waals surface area contributed by atoms with Crippen LogP contribution in [0.4, 0.5) is 0 Å². The number of fused-ring (bicyclic) bond motifs is 1. The summed E-state index contributed by atoms with van der Waals surface area (Å²) in [6, 6.07) is 8.46. The lowest BCUT2D eigenvalue weighted by molar-refractivity contribution is 0.353. The number of benzene rings is 1. The second kappa shape index (κ2) is 5.97. The molecule has 1 aliphatic heterocycles. The van der Waals surface area contributed by atoms with E-state index in [9.17, 15) is 0 Å². The van der Waals surface area contributed by atoms with Gasteiger partial charge in [-0.3, -0.25) is 0 Å². The van der Waals surface area contributed by atoms with Gasteiger partial charge in [0, 0.05) is 13.1 Å². The first-order valence-corrected chi connectivity index (χ1v) is 8.01. The Morgan fingerprint density at radius 3 is 3.10 bits per heavy atom. The standard InChI is InChI=1S/C15H19N3OS/c1-10(2)20-9-14-17-15(19-18-14)13-8-16-7-11-5-3-4-6-12(11)13/h3-6,10,13,16H,7-9H2,1-2H3. The highest BCUT2D eigenvalue weighted by molar-refractivity contribution is 7.99. The first-order chi connectivity index (χ1) is 9.74. The molecule has 1 aliphatic rings. The van der Waals surface area contributed by atoms with E-state index >= 15 is 0 Å². The van der Waals surface area contributed by atoms with Gasteiger partial charge in [-0.25, -0.2) is 0 Å². The fourth-order valence-corrected chi connectivity index (χ4v) is 3.03. The molecule has 5 heteroatoms. The molecule has 0 aliphatic carbocycles. The molecule has 2 heterocycles. The van der Waals surface area contributed by atoms with Gasteiger partial charge in [-0.05, 0) is 16.4 Å². The van der Waals surface area contributed by atoms with Gasteiger partial charge in [-0.1, -0.05) is 43.3 Å². The quantitative estimate of drug-likeness (QED) is 0.938. The molecule has 2 aromatic rings. The first-order valence-electron chi connectivity index (χ1n) is 6.96. The first kappa shape index (κ1) is 13.6. The largest absolute Gasteiger partial charge is 0.339 e. The Morgan fingerprint density at radius 1 is 1.40 bits per heavy atom. The lowest BCUT2D eigenvalue weighted by atomic mass is 9.91. The average molecular weight is 289 g/mol. The van der Waals surface area contributed by atoms with Gasteiger partial charge >= 0.3 is 0 Å². The second-order valence-corrected chi connectivity index (χ2v) is 6.86. The normalized spacial score (nSPS) is 18.2. The molecule has 1 aromatic carbocycles. The molecule has 1 N–H and O–H groups in total. The van der Waals surface area contributed by atoms with Gasteiger partial charge in [-0.2, -0.15) is 16.7 Å². The Kier molecular flexibility index (Phi) is 4.08. The maximum atomic E-state index is 5.48. The smallest absolute Gasteiger partial charge is 0.235 e. The van der Waals surface area contributed by atoms with Crippen molar-refractivity contribution in [3.05, 3.63) is 47.1 Å². The van der Waals surface area contributed by atoms with Gasteiger partial charge in [0.05, 0.1) is 11.7 Å². The summed E-state index contributed by atoms with van der Waals surface area (Å²) in [5.41, 5.74) is 2.62. The minimum absolute atomic E-state index is 0.172. The molecule has 20 heavy (non-hydrogen) atoms. The van der Waals surface area contributed by atoms with Crippen molar-refractivity contribution in [1.29, 1.82) is 0 Å². The molecule has 0 radical (unpaired) electrons. The molecule has 106 valence electrons. The maximum absolute atomic E-state index is 5.48. The summed E-state index contributed by atoms with van der Waals surface area (Å²) in [6.07, 6.45) is 0. The number of hydrogen-bond acceptors (Lipinski definition) is 5. The third-order valence-corrected chi connectivity index (χ3v) is 4.51. The Balaban J connectivity index is 1.80. The van der Waals surface area contributed by atoms with Gasteiger partial charge < -0.3 is 9.84 Å². The van der Waals surface area contributed by atoms with Crippen molar-refractivity contribution in [2.45, 2.75) is 37.3 Å². The zero-order valence-electron chi connectivity index (χ0n) is 11.8. The molecule has 1 unspecified atom stereocenters. The summed E-state index contributed by atoms with van der Waals surface area (Å²) in [4.78, 5) is 4.57. The van der Waals surface area contributed by atoms with Gasteiger partial charge in [0.15, 0.2) is 5.82 Å². The molecule has 0 saturated carbocycles. The van der Waals surface area contributed by atoms with Crippen molar-refractivity contribution >= 4 is 11.8 Å². The Morgan fingerprint density at radius 2 is 2.25 bits per heavy atom. The number of nitrogens with zero attached hydrogens (tertiary/aromatic N) is 2. The lowest BCUT2D eigenvalue weighted by Gasteiger charge is -2.23. The zero-order valence-corrected chi connectivity index (χ0v) is 12.6. The van der Waals surface area contributed by atoms with E-state index in [1.54, 1.807) is 0 Å². The van der Waals surface area contributed by atoms with Gasteiger partial charge in [0.1, 0.15) is 0 Å². The molecule has 1 aromatic heterocycles. The minimum Gasteiger partial charge on any atom is -0.339 e. The summed E-state index contributed by atoms with van der Waals surface area (Å²) < 4.78 is 5.48. The highest BCUT2D eigenvalue weighted by Gasteiger charge is 2.26. The summed E-state index contributed by atoms with van der Waals surface area (Å²) in [6.45, 7) is 6.12. The van der Waals surface area contributed by atoms with E-state index in [4.69, 9.17) is 4.52 Å². The summed E-state index contributed by atoms with van der Waals surface area (Å²) in [5.74, 6) is 2.50. The number of hydrogen-bond donors (Lipinski definition) is 1. The van der Waals surface area contributed by atoms with E-state index in [-0.39, 0.29) is 5.92 Å². The van der Waals surface area contributed by atoms with Crippen molar-refractivity contribution in [2.24, 2.45) is 0 Å². The van der Waals surface area contributed by atoms with E-state index in [2.05, 4.69) is 53.6 Å². The van der Waals surface area contributed by atoms with Crippen LogP contribution in [0, 0.1) is 0 Å². The van der Waals surface area contributed by atoms with Gasteiger partial charge in [-0.15, -0.1) is 0 Å². The molecule has 0 fully saturated rings. The van der Waals surface area contributed by atoms with Crippen LogP contribution in [0.3, 0.4) is 0 Å². The highest BCUT2D eigenvalue weighted by atomic mass is 32.2. The summed E-state index contributed by atoms with van der Waals surface area (Å²) >= 11 is 1.83. The summed E-state index contributed by atoms with van der Waals surface area (Å²) in [5, 5.41) is 8.10. The lowest BCUT2D eigenvalue weighted by Crippen LogP contribution is -2.28. The molecule has 0 amide bonds. The maximum Gasteiger partial charge on any atom is 0.235 e. The molecule has 0 spiro atoms. The van der Waals surface area contributed by atoms with Crippen LogP contribution < -0.4 is 5.32 Å². The van der Waals surface area contributed by atoms with Crippen LogP contribution in [0.1, 0.15) is 42.6 Å². The number of nitrogens with one attached hydrogen (secondary N) is 1. The van der Waals surface area contributed by atoms with E-state index in [0.717, 1.165) is 30.6 Å². The van der Waals surface area contributed by atoms with Crippen molar-refractivity contribution in [3.63, 3.8) is 0 Å². The third kappa shape index (κ3) is 2.88. The molecule has 4 nitrogen and oxygen atoms in total. The van der Waals surface area contributed by atoms with Crippen LogP contribution in [0.5, 0.6) is 0 Å². The monoisotopic (exact) mass is 289 g/mol. The molecular weight excluding hydrogens is 270 g/mol. The van der Waals surface area contributed by atoms with Crippen LogP contribution >= 0.6 is 11.8 Å². The van der Waals surface area contributed by atoms with Crippen molar-refractivity contribution < 1.29 is 4.52 Å². The van der Waals surface area contributed by atoms with Gasteiger partial charge in [0.2, 0.25) is 5.89 Å². The number of aromatic nitrogens is 2. The highest BCUT2D eigenvalue weighted by Crippen LogP contribution is 2.29. The molecule has 0 bridgehead atoms. The van der Waals surface area contributed by atoms with Crippen molar-refractivity contribution in [1.82, 2.24) is 15.5 Å². The van der Waals surface area contributed by atoms with Crippen LogP contribution in [0.15, 0.2) is 28.8 Å². The summed E-state index contributed by atoms with van der Waals surface area (Å²) in [7, 11) is 0. The van der Waals surface area contributed by atoms with Gasteiger partial charge in [0.25, 0.3) is 0 Å². The third-order valence-electron chi connectivity index (χ3n) is 3.42. The number of rotatable bonds is 4. The fourth-order valence-electron chi connectivity index (χ4n) is 2.43. The molecule has 3 rings (SSSR count). The van der Waals surface area contributed by atoms with E-state index < -0.39 is 0 Å². The van der Waals surface area contributed by atoms with Crippen molar-refractivity contribution in [3.8, 4) is 0 Å². The van der Waals surface area contributed by atoms with Crippen molar-refractivity contribution in [2.75, 3.05) is 6.54 Å². The zero-order chi connectivity index (χ0) is 13.9. The minimum atomic E-state index is 0.172. The van der Waals surface area contributed by atoms with E-state index in [0.29, 0.717) is 5.25 Å². The fraction of sp³-hybridized carbons (Fsp3) is 0.467. The molecule has 0 saturated heterocycles. The average Bonchev–Trinajstić information content (AvgIpc) is 2.93. The van der Waals surface area contributed by atoms with E-state index in [1.807, 2.05) is 11.8 Å². The van der Waals surface area contributed by atoms with E-state index in [1.165, 1.54) is 11.1 Å². The van der Waals surface area contributed by atoms with Crippen LogP contribution in [0.25, 0.3) is 0 Å². The predicted octanol–water partition coefficient (Wildman–Crippen LogP) is 2.95. The second-order valence-electron chi connectivity index (χ2n) is 5.29. The Labute approximate surface area is 123 Å². The number of thioether (sulfide) groups is 1. The predicted molar refractivity (Wildman–Crippen MR) is 80.7 cm³/mol.